The smallest absolute Gasteiger partial charge is 0.181 e. The second kappa shape index (κ2) is 6.45. The fraction of sp³-hybridized carbons (Fsp3) is 0.143. The molecule has 0 aromatic carbocycles. The number of hydrogen-bond acceptors (Lipinski definition) is 6. The summed E-state index contributed by atoms with van der Waals surface area (Å²) >= 11 is 0. The van der Waals surface area contributed by atoms with E-state index in [4.69, 9.17) is 0 Å². The molecule has 4 aromatic rings. The molecule has 0 spiro atoms. The van der Waals surface area contributed by atoms with Gasteiger partial charge in [0, 0.05) is 55.3 Å². The van der Waals surface area contributed by atoms with Gasteiger partial charge in [-0.1, -0.05) is 0 Å². The minimum absolute atomic E-state index is 0.630. The van der Waals surface area contributed by atoms with Crippen molar-refractivity contribution in [3.8, 4) is 11.4 Å². The number of aryl methyl sites for hydroxylation is 1. The van der Waals surface area contributed by atoms with E-state index in [2.05, 4.69) is 46.8 Å². The Morgan fingerprint density at radius 3 is 2.63 bits per heavy atom. The summed E-state index contributed by atoms with van der Waals surface area (Å²) in [5.74, 6) is 0. The number of rotatable bonds is 4. The highest BCUT2D eigenvalue weighted by Gasteiger charge is 2.09. The van der Waals surface area contributed by atoms with Crippen LogP contribution < -0.4 is 0 Å². The summed E-state index contributed by atoms with van der Waals surface area (Å²) in [6.07, 6.45) is 13.2. The van der Waals surface area contributed by atoms with Crippen LogP contribution in [-0.4, -0.2) is 44.1 Å². The third-order valence-electron chi connectivity index (χ3n) is 5.17. The zero-order valence-corrected chi connectivity index (χ0v) is 16.2. The lowest BCUT2D eigenvalue weighted by molar-refractivity contribution is 0.691. The van der Waals surface area contributed by atoms with Gasteiger partial charge in [-0.05, 0) is 29.3 Å². The maximum Gasteiger partial charge on any atom is 0.181 e. The molecule has 4 aromatic heterocycles. The molecule has 6 heterocycles. The molecule has 0 N–H and O–H groups in total. The maximum atomic E-state index is 4.61. The lowest BCUT2D eigenvalue weighted by atomic mass is 10.2. The summed E-state index contributed by atoms with van der Waals surface area (Å²) in [4.78, 5) is 17.5. The predicted octanol–water partition coefficient (Wildman–Crippen LogP) is 2.51. The van der Waals surface area contributed by atoms with Crippen LogP contribution in [0.1, 0.15) is 11.1 Å². The maximum absolute atomic E-state index is 4.61. The van der Waals surface area contributed by atoms with Gasteiger partial charge in [-0.2, -0.15) is 10.2 Å². The number of hydrogen-bond donors (Lipinski definition) is 0. The average Bonchev–Trinajstić information content (AvgIpc) is 3.46. The number of pyridine rings is 3. The van der Waals surface area contributed by atoms with Crippen LogP contribution in [0.3, 0.4) is 0 Å². The van der Waals surface area contributed by atoms with Crippen LogP contribution in [0.25, 0.3) is 33.5 Å². The fourth-order valence-corrected chi connectivity index (χ4v) is 3.73. The zero-order valence-electron chi connectivity index (χ0n) is 16.2. The highest BCUT2D eigenvalue weighted by atomic mass is 15.3. The van der Waals surface area contributed by atoms with E-state index < -0.39 is 0 Å². The Hall–Kier alpha value is -4.14. The van der Waals surface area contributed by atoms with Gasteiger partial charge in [-0.15, -0.1) is 0 Å². The Labute approximate surface area is 171 Å². The SMILES string of the molecule is Cn1ncc2cc(Cn3cc4cc(Cn5ccc6ncnc-6c5)cnc4n3)cnc21. The molecular weight excluding hydrogens is 378 g/mol. The fourth-order valence-electron chi connectivity index (χ4n) is 3.73. The molecule has 0 atom stereocenters. The van der Waals surface area contributed by atoms with Gasteiger partial charge in [0.25, 0.3) is 0 Å². The number of nitrogens with zero attached hydrogens (tertiary/aromatic N) is 9. The van der Waals surface area contributed by atoms with Gasteiger partial charge >= 0.3 is 0 Å². The molecular formula is C21H17N9. The van der Waals surface area contributed by atoms with Gasteiger partial charge in [0.1, 0.15) is 12.0 Å². The number of fused-ring (bicyclic) bond motifs is 3. The first-order chi connectivity index (χ1) is 14.7. The van der Waals surface area contributed by atoms with Crippen molar-refractivity contribution in [2.75, 3.05) is 0 Å². The Balaban J connectivity index is 1.27. The molecule has 2 aliphatic rings. The molecule has 2 aliphatic heterocycles. The monoisotopic (exact) mass is 395 g/mol. The van der Waals surface area contributed by atoms with Gasteiger partial charge < -0.3 is 4.57 Å². The summed E-state index contributed by atoms with van der Waals surface area (Å²) in [6, 6.07) is 6.20. The second-order valence-corrected chi connectivity index (χ2v) is 7.37. The molecule has 30 heavy (non-hydrogen) atoms. The largest absolute Gasteiger partial charge is 0.348 e. The van der Waals surface area contributed by atoms with Crippen molar-refractivity contribution >= 4 is 22.1 Å². The van der Waals surface area contributed by atoms with Gasteiger partial charge in [-0.25, -0.2) is 19.9 Å². The highest BCUT2D eigenvalue weighted by Crippen LogP contribution is 2.18. The number of aromatic nitrogens is 9. The Bertz CT molecular complexity index is 1470. The minimum Gasteiger partial charge on any atom is -0.348 e. The normalized spacial score (nSPS) is 11.8. The molecule has 0 bridgehead atoms. The molecule has 0 unspecified atom stereocenters. The molecule has 0 amide bonds. The molecule has 6 rings (SSSR count). The highest BCUT2D eigenvalue weighted by molar-refractivity contribution is 5.75. The second-order valence-electron chi connectivity index (χ2n) is 7.37. The van der Waals surface area contributed by atoms with E-state index in [1.165, 1.54) is 0 Å². The third kappa shape index (κ3) is 2.87. The lowest BCUT2D eigenvalue weighted by Crippen LogP contribution is -2.01. The van der Waals surface area contributed by atoms with Crippen molar-refractivity contribution in [1.29, 1.82) is 0 Å². The molecule has 0 saturated heterocycles. The van der Waals surface area contributed by atoms with Gasteiger partial charge in [-0.3, -0.25) is 9.36 Å². The standard InChI is InChI=1S/C21H17N9/c1-28-21-16(8-26-28)4-15(7-23-21)10-30-11-17-5-14(6-22-20(17)27-30)9-29-3-2-18-19(12-29)25-13-24-18/h2-8,11-13H,9-10H2,1H3. The molecule has 0 aliphatic carbocycles. The summed E-state index contributed by atoms with van der Waals surface area (Å²) in [5, 5.41) is 10.9. The van der Waals surface area contributed by atoms with Gasteiger partial charge in [0.15, 0.2) is 11.3 Å². The van der Waals surface area contributed by atoms with Crippen LogP contribution in [0.5, 0.6) is 0 Å². The van der Waals surface area contributed by atoms with Crippen molar-refractivity contribution in [1.82, 2.24) is 44.1 Å². The van der Waals surface area contributed by atoms with Crippen LogP contribution in [0.4, 0.5) is 0 Å². The van der Waals surface area contributed by atoms with Crippen molar-refractivity contribution < 1.29 is 0 Å². The van der Waals surface area contributed by atoms with Crippen LogP contribution in [-0.2, 0) is 20.1 Å². The Morgan fingerprint density at radius 1 is 0.833 bits per heavy atom. The summed E-state index contributed by atoms with van der Waals surface area (Å²) in [5.41, 5.74) is 5.57. The zero-order chi connectivity index (χ0) is 20.1. The van der Waals surface area contributed by atoms with E-state index in [-0.39, 0.29) is 0 Å². The van der Waals surface area contributed by atoms with E-state index in [0.29, 0.717) is 13.1 Å². The molecule has 146 valence electrons. The lowest BCUT2D eigenvalue weighted by Gasteiger charge is -2.07. The first-order valence-corrected chi connectivity index (χ1v) is 9.56. The van der Waals surface area contributed by atoms with Crippen LogP contribution in [0.2, 0.25) is 0 Å². The van der Waals surface area contributed by atoms with Gasteiger partial charge in [0.05, 0.1) is 18.4 Å². The van der Waals surface area contributed by atoms with Crippen molar-refractivity contribution in [2.24, 2.45) is 7.05 Å². The first-order valence-electron chi connectivity index (χ1n) is 9.56. The molecule has 0 radical (unpaired) electrons. The third-order valence-corrected chi connectivity index (χ3v) is 5.17. The first kappa shape index (κ1) is 16.8. The van der Waals surface area contributed by atoms with Crippen LogP contribution in [0.15, 0.2) is 61.7 Å². The summed E-state index contributed by atoms with van der Waals surface area (Å²) in [6.45, 7) is 1.34. The summed E-state index contributed by atoms with van der Waals surface area (Å²) < 4.78 is 5.76. The predicted molar refractivity (Wildman–Crippen MR) is 111 cm³/mol. The molecule has 9 heteroatoms. The van der Waals surface area contributed by atoms with Crippen molar-refractivity contribution in [2.45, 2.75) is 13.1 Å². The van der Waals surface area contributed by atoms with E-state index >= 15 is 0 Å². The Kier molecular flexibility index (Phi) is 3.61. The minimum atomic E-state index is 0.630. The Morgan fingerprint density at radius 2 is 1.67 bits per heavy atom. The van der Waals surface area contributed by atoms with Crippen LogP contribution >= 0.6 is 0 Å². The van der Waals surface area contributed by atoms with E-state index in [9.17, 15) is 0 Å². The number of imidazole rings is 1. The van der Waals surface area contributed by atoms with Crippen molar-refractivity contribution in [3.05, 3.63) is 72.8 Å². The average molecular weight is 395 g/mol. The van der Waals surface area contributed by atoms with Gasteiger partial charge in [0.2, 0.25) is 0 Å². The molecule has 0 fully saturated rings. The van der Waals surface area contributed by atoms with Crippen LogP contribution in [0, 0.1) is 0 Å². The van der Waals surface area contributed by atoms with Crippen molar-refractivity contribution in [3.63, 3.8) is 0 Å². The van der Waals surface area contributed by atoms with E-state index in [1.54, 1.807) is 11.0 Å². The molecule has 0 saturated carbocycles. The van der Waals surface area contributed by atoms with E-state index in [0.717, 1.165) is 44.6 Å². The summed E-state index contributed by atoms with van der Waals surface area (Å²) in [7, 11) is 1.89. The van der Waals surface area contributed by atoms with E-state index in [1.807, 2.05) is 55.0 Å². The quantitative estimate of drug-likeness (QED) is 0.455. The topological polar surface area (TPSA) is 92.1 Å². The molecule has 9 nitrogen and oxygen atoms in total.